The minimum absolute atomic E-state index is 0.0917. The molecule has 1 aliphatic rings. The molecule has 0 aromatic carbocycles. The van der Waals surface area contributed by atoms with Gasteiger partial charge in [0.05, 0.1) is 32.6 Å². The zero-order chi connectivity index (χ0) is 15.2. The van der Waals surface area contributed by atoms with Crippen molar-refractivity contribution >= 4 is 0 Å². The fourth-order valence-corrected chi connectivity index (χ4v) is 2.68. The summed E-state index contributed by atoms with van der Waals surface area (Å²) in [6, 6.07) is -0.0917. The second-order valence-electron chi connectivity index (χ2n) is 5.18. The van der Waals surface area contributed by atoms with E-state index < -0.39 is 0 Å². The average molecular weight is 296 g/mol. The van der Waals surface area contributed by atoms with Gasteiger partial charge in [-0.25, -0.2) is 4.98 Å². The van der Waals surface area contributed by atoms with Gasteiger partial charge >= 0.3 is 0 Å². The summed E-state index contributed by atoms with van der Waals surface area (Å²) in [4.78, 5) is 8.62. The highest BCUT2D eigenvalue weighted by Gasteiger charge is 2.33. The molecule has 7 heteroatoms. The normalized spacial score (nSPS) is 22.5. The first-order valence-corrected chi connectivity index (χ1v) is 7.24. The molecule has 21 heavy (non-hydrogen) atoms. The minimum atomic E-state index is -0.0917. The van der Waals surface area contributed by atoms with E-state index in [-0.39, 0.29) is 6.04 Å². The number of hydrogen-bond donors (Lipinski definition) is 2. The minimum Gasteiger partial charge on any atom is -0.480 e. The summed E-state index contributed by atoms with van der Waals surface area (Å²) in [6.45, 7) is 2.79. The summed E-state index contributed by atoms with van der Waals surface area (Å²) in [5.41, 5.74) is 3.52. The summed E-state index contributed by atoms with van der Waals surface area (Å²) in [7, 11) is 3.11. The smallest absolute Gasteiger partial charge is 0.240 e. The van der Waals surface area contributed by atoms with Crippen molar-refractivity contribution in [3.8, 4) is 11.8 Å². The maximum Gasteiger partial charge on any atom is 0.240 e. The van der Waals surface area contributed by atoms with Gasteiger partial charge in [-0.3, -0.25) is 11.3 Å². The molecule has 1 fully saturated rings. The van der Waals surface area contributed by atoms with Crippen molar-refractivity contribution in [1.29, 1.82) is 0 Å². The lowest BCUT2D eigenvalue weighted by molar-refractivity contribution is -0.0293. The van der Waals surface area contributed by atoms with Crippen LogP contribution in [0.5, 0.6) is 11.8 Å². The van der Waals surface area contributed by atoms with Crippen molar-refractivity contribution in [3.05, 3.63) is 11.9 Å². The molecule has 7 nitrogen and oxygen atoms in total. The molecule has 0 spiro atoms. The fraction of sp³-hybridized carbons (Fsp3) is 0.714. The van der Waals surface area contributed by atoms with Crippen molar-refractivity contribution in [1.82, 2.24) is 15.4 Å². The molecule has 0 radical (unpaired) electrons. The molecule has 0 amide bonds. The number of nitrogens with two attached hydrogens (primary N) is 1. The van der Waals surface area contributed by atoms with Crippen LogP contribution >= 0.6 is 0 Å². The Kier molecular flexibility index (Phi) is 5.72. The van der Waals surface area contributed by atoms with Gasteiger partial charge in [-0.2, -0.15) is 4.98 Å². The third kappa shape index (κ3) is 3.81. The van der Waals surface area contributed by atoms with Crippen LogP contribution in [0.1, 0.15) is 37.9 Å². The highest BCUT2D eigenvalue weighted by Crippen LogP contribution is 2.37. The second kappa shape index (κ2) is 7.53. The molecule has 1 aromatic rings. The number of nitrogens with one attached hydrogen (secondary N) is 1. The van der Waals surface area contributed by atoms with E-state index >= 15 is 0 Å². The Morgan fingerprint density at radius 1 is 1.38 bits per heavy atom. The molecule has 1 unspecified atom stereocenters. The maximum atomic E-state index is 5.68. The number of hydrogen-bond acceptors (Lipinski definition) is 7. The number of nitrogens with zero attached hydrogens (tertiary/aromatic N) is 2. The molecule has 1 aliphatic carbocycles. The topological polar surface area (TPSA) is 91.5 Å². The summed E-state index contributed by atoms with van der Waals surface area (Å²) in [5.74, 6) is 7.13. The molecule has 0 aliphatic heterocycles. The van der Waals surface area contributed by atoms with Crippen LogP contribution in [0.25, 0.3) is 0 Å². The van der Waals surface area contributed by atoms with Crippen LogP contribution in [-0.2, 0) is 4.74 Å². The van der Waals surface area contributed by atoms with Gasteiger partial charge in [0.2, 0.25) is 11.8 Å². The average Bonchev–Trinajstić information content (AvgIpc) is 2.49. The van der Waals surface area contributed by atoms with E-state index in [1.54, 1.807) is 20.4 Å². The van der Waals surface area contributed by atoms with Gasteiger partial charge in [-0.15, -0.1) is 0 Å². The number of methoxy groups -OCH3 is 2. The standard InChI is InChI=1S/C14H24N4O3/c1-4-21-10-5-9(6-10)7-11(18-15)13-14(20-3)17-12(19-2)8-16-13/h8-11,18H,4-7,15H2,1-3H3. The van der Waals surface area contributed by atoms with Gasteiger partial charge in [0.25, 0.3) is 0 Å². The zero-order valence-electron chi connectivity index (χ0n) is 12.8. The number of hydrazine groups is 1. The Bertz CT molecular complexity index is 452. The molecule has 3 N–H and O–H groups in total. The fourth-order valence-electron chi connectivity index (χ4n) is 2.68. The monoisotopic (exact) mass is 296 g/mol. The van der Waals surface area contributed by atoms with Crippen molar-refractivity contribution in [3.63, 3.8) is 0 Å². The van der Waals surface area contributed by atoms with E-state index in [1.807, 2.05) is 6.92 Å². The van der Waals surface area contributed by atoms with Crippen LogP contribution in [0.15, 0.2) is 6.20 Å². The molecule has 1 saturated carbocycles. The first kappa shape index (κ1) is 15.9. The third-order valence-electron chi connectivity index (χ3n) is 3.84. The van der Waals surface area contributed by atoms with Crippen LogP contribution in [0, 0.1) is 5.92 Å². The van der Waals surface area contributed by atoms with Gasteiger partial charge in [0, 0.05) is 6.61 Å². The Morgan fingerprint density at radius 2 is 2.14 bits per heavy atom. The number of aromatic nitrogens is 2. The molecule has 0 saturated heterocycles. The molecule has 1 atom stereocenters. The zero-order valence-corrected chi connectivity index (χ0v) is 12.8. The predicted molar refractivity (Wildman–Crippen MR) is 78.0 cm³/mol. The quantitative estimate of drug-likeness (QED) is 0.550. The molecule has 1 heterocycles. The van der Waals surface area contributed by atoms with Crippen LogP contribution in [0.2, 0.25) is 0 Å². The Hall–Kier alpha value is -1.44. The number of ether oxygens (including phenoxy) is 3. The van der Waals surface area contributed by atoms with E-state index in [2.05, 4.69) is 15.4 Å². The highest BCUT2D eigenvalue weighted by atomic mass is 16.5. The number of rotatable bonds is 8. The second-order valence-corrected chi connectivity index (χ2v) is 5.18. The van der Waals surface area contributed by atoms with Crippen molar-refractivity contribution in [2.24, 2.45) is 11.8 Å². The van der Waals surface area contributed by atoms with E-state index in [0.29, 0.717) is 29.5 Å². The Morgan fingerprint density at radius 3 is 2.71 bits per heavy atom. The largest absolute Gasteiger partial charge is 0.480 e. The van der Waals surface area contributed by atoms with E-state index in [9.17, 15) is 0 Å². The summed E-state index contributed by atoms with van der Waals surface area (Å²) in [6.07, 6.45) is 4.99. The predicted octanol–water partition coefficient (Wildman–Crippen LogP) is 1.20. The lowest BCUT2D eigenvalue weighted by Gasteiger charge is -2.36. The Labute approximate surface area is 125 Å². The first-order chi connectivity index (χ1) is 10.2. The molecule has 0 bridgehead atoms. The van der Waals surface area contributed by atoms with Crippen LogP contribution in [0.3, 0.4) is 0 Å². The van der Waals surface area contributed by atoms with Gasteiger partial charge < -0.3 is 14.2 Å². The SMILES string of the molecule is CCOC1CC(CC(NN)c2ncc(OC)nc2OC)C1. The highest BCUT2D eigenvalue weighted by molar-refractivity contribution is 5.25. The summed E-state index contributed by atoms with van der Waals surface area (Å²) in [5, 5.41) is 0. The maximum absolute atomic E-state index is 5.68. The molecule has 1 aromatic heterocycles. The molecule has 118 valence electrons. The summed E-state index contributed by atoms with van der Waals surface area (Å²) >= 11 is 0. The molecular weight excluding hydrogens is 272 g/mol. The van der Waals surface area contributed by atoms with Crippen LogP contribution < -0.4 is 20.7 Å². The van der Waals surface area contributed by atoms with Gasteiger partial charge in [0.1, 0.15) is 5.69 Å². The first-order valence-electron chi connectivity index (χ1n) is 7.24. The van der Waals surface area contributed by atoms with Gasteiger partial charge in [-0.1, -0.05) is 0 Å². The van der Waals surface area contributed by atoms with E-state index in [4.69, 9.17) is 20.1 Å². The third-order valence-corrected chi connectivity index (χ3v) is 3.84. The van der Waals surface area contributed by atoms with Gasteiger partial charge in [0.15, 0.2) is 0 Å². The lowest BCUT2D eigenvalue weighted by atomic mass is 9.78. The van der Waals surface area contributed by atoms with Crippen LogP contribution in [0.4, 0.5) is 0 Å². The van der Waals surface area contributed by atoms with Crippen LogP contribution in [-0.4, -0.2) is 36.9 Å². The van der Waals surface area contributed by atoms with Gasteiger partial charge in [-0.05, 0) is 32.1 Å². The molecular formula is C14H24N4O3. The molecule has 2 rings (SSSR count). The Balaban J connectivity index is 2.01. The van der Waals surface area contributed by atoms with E-state index in [1.165, 1.54) is 0 Å². The van der Waals surface area contributed by atoms with Crippen molar-refractivity contribution in [2.75, 3.05) is 20.8 Å². The summed E-state index contributed by atoms with van der Waals surface area (Å²) < 4.78 is 15.9. The lowest BCUT2D eigenvalue weighted by Crippen LogP contribution is -2.37. The van der Waals surface area contributed by atoms with E-state index in [0.717, 1.165) is 25.9 Å². The van der Waals surface area contributed by atoms with Crippen molar-refractivity contribution < 1.29 is 14.2 Å². The van der Waals surface area contributed by atoms with Crippen molar-refractivity contribution in [2.45, 2.75) is 38.3 Å².